The van der Waals surface area contributed by atoms with Crippen LogP contribution in [0.2, 0.25) is 0 Å². The maximum absolute atomic E-state index is 11.4. The third kappa shape index (κ3) is 3.59. The zero-order chi connectivity index (χ0) is 9.68. The molecule has 0 aliphatic carbocycles. The Balaban J connectivity index is 2.27. The Morgan fingerprint density at radius 3 is 2.54 bits per heavy atom. The molecule has 0 aromatic rings. The minimum atomic E-state index is 0.166. The Kier molecular flexibility index (Phi) is 3.96. The molecule has 13 heavy (non-hydrogen) atoms. The van der Waals surface area contributed by atoms with Crippen LogP contribution in [-0.4, -0.2) is 49.4 Å². The molecule has 1 amide bonds. The van der Waals surface area contributed by atoms with E-state index in [0.29, 0.717) is 0 Å². The lowest BCUT2D eigenvalue weighted by Gasteiger charge is -2.12. The van der Waals surface area contributed by atoms with Crippen LogP contribution in [0.5, 0.6) is 0 Å². The first-order chi connectivity index (χ1) is 6.20. The van der Waals surface area contributed by atoms with Gasteiger partial charge in [-0.3, -0.25) is 4.79 Å². The minimum Gasteiger partial charge on any atom is -0.339 e. The van der Waals surface area contributed by atoms with Gasteiger partial charge in [0.25, 0.3) is 0 Å². The SMILES string of the molecule is CN(C)CC=CC(=O)N1CCCC1. The molecule has 3 heteroatoms. The van der Waals surface area contributed by atoms with Crippen molar-refractivity contribution in [3.63, 3.8) is 0 Å². The molecule has 0 N–H and O–H groups in total. The summed E-state index contributed by atoms with van der Waals surface area (Å²) in [4.78, 5) is 15.4. The lowest BCUT2D eigenvalue weighted by Crippen LogP contribution is -2.25. The highest BCUT2D eigenvalue weighted by Gasteiger charge is 2.14. The number of amides is 1. The summed E-state index contributed by atoms with van der Waals surface area (Å²) in [7, 11) is 3.98. The molecule has 1 aliphatic heterocycles. The molecular weight excluding hydrogens is 164 g/mol. The lowest BCUT2D eigenvalue weighted by molar-refractivity contribution is -0.125. The molecule has 1 aliphatic rings. The van der Waals surface area contributed by atoms with Gasteiger partial charge >= 0.3 is 0 Å². The van der Waals surface area contributed by atoms with Crippen molar-refractivity contribution in [3.05, 3.63) is 12.2 Å². The molecule has 0 aromatic carbocycles. The van der Waals surface area contributed by atoms with Gasteiger partial charge in [0.15, 0.2) is 0 Å². The summed E-state index contributed by atoms with van der Waals surface area (Å²) in [5, 5.41) is 0. The number of carbonyl (C=O) groups excluding carboxylic acids is 1. The summed E-state index contributed by atoms with van der Waals surface area (Å²) < 4.78 is 0. The summed E-state index contributed by atoms with van der Waals surface area (Å²) in [5.74, 6) is 0.166. The maximum Gasteiger partial charge on any atom is 0.246 e. The van der Waals surface area contributed by atoms with Crippen molar-refractivity contribution >= 4 is 5.91 Å². The number of likely N-dealkylation sites (N-methyl/N-ethyl adjacent to an activating group) is 1. The van der Waals surface area contributed by atoms with Gasteiger partial charge in [0, 0.05) is 25.7 Å². The fourth-order valence-corrected chi connectivity index (χ4v) is 1.41. The normalized spacial score (nSPS) is 17.6. The highest BCUT2D eigenvalue weighted by Crippen LogP contribution is 2.07. The van der Waals surface area contributed by atoms with E-state index in [1.807, 2.05) is 30.0 Å². The van der Waals surface area contributed by atoms with Crippen LogP contribution in [0, 0.1) is 0 Å². The van der Waals surface area contributed by atoms with Gasteiger partial charge in [0.05, 0.1) is 0 Å². The minimum absolute atomic E-state index is 0.166. The number of carbonyl (C=O) groups is 1. The van der Waals surface area contributed by atoms with E-state index in [2.05, 4.69) is 0 Å². The molecule has 0 bridgehead atoms. The van der Waals surface area contributed by atoms with Crippen molar-refractivity contribution < 1.29 is 4.79 Å². The molecule has 0 aromatic heterocycles. The number of hydrogen-bond donors (Lipinski definition) is 0. The first-order valence-corrected chi connectivity index (χ1v) is 4.80. The molecule has 0 radical (unpaired) electrons. The third-order valence-corrected chi connectivity index (χ3v) is 2.15. The van der Waals surface area contributed by atoms with Crippen LogP contribution in [0.1, 0.15) is 12.8 Å². The van der Waals surface area contributed by atoms with Crippen LogP contribution in [0.4, 0.5) is 0 Å². The van der Waals surface area contributed by atoms with Crippen LogP contribution in [-0.2, 0) is 4.79 Å². The van der Waals surface area contributed by atoms with E-state index in [-0.39, 0.29) is 5.91 Å². The molecule has 1 rings (SSSR count). The van der Waals surface area contributed by atoms with E-state index in [0.717, 1.165) is 32.5 Å². The van der Waals surface area contributed by atoms with Crippen molar-refractivity contribution in [1.29, 1.82) is 0 Å². The van der Waals surface area contributed by atoms with Crippen molar-refractivity contribution in [2.45, 2.75) is 12.8 Å². The fraction of sp³-hybridized carbons (Fsp3) is 0.700. The van der Waals surface area contributed by atoms with E-state index >= 15 is 0 Å². The molecule has 0 unspecified atom stereocenters. The lowest BCUT2D eigenvalue weighted by atomic mass is 10.4. The Morgan fingerprint density at radius 2 is 2.00 bits per heavy atom. The molecule has 0 spiro atoms. The van der Waals surface area contributed by atoms with Crippen LogP contribution < -0.4 is 0 Å². The zero-order valence-electron chi connectivity index (χ0n) is 8.49. The van der Waals surface area contributed by atoms with E-state index < -0.39 is 0 Å². The second-order valence-corrected chi connectivity index (χ2v) is 3.70. The molecule has 1 fully saturated rings. The molecule has 0 atom stereocenters. The Morgan fingerprint density at radius 1 is 1.38 bits per heavy atom. The van der Waals surface area contributed by atoms with E-state index in [1.165, 1.54) is 0 Å². The molecule has 1 saturated heterocycles. The summed E-state index contributed by atoms with van der Waals surface area (Å²) >= 11 is 0. The van der Waals surface area contributed by atoms with Crippen LogP contribution in [0.3, 0.4) is 0 Å². The van der Waals surface area contributed by atoms with Crippen LogP contribution >= 0.6 is 0 Å². The van der Waals surface area contributed by atoms with Gasteiger partial charge in [-0.15, -0.1) is 0 Å². The topological polar surface area (TPSA) is 23.6 Å². The van der Waals surface area contributed by atoms with Gasteiger partial charge in [0.1, 0.15) is 0 Å². The quantitative estimate of drug-likeness (QED) is 0.601. The smallest absolute Gasteiger partial charge is 0.246 e. The van der Waals surface area contributed by atoms with Crippen molar-refractivity contribution in [3.8, 4) is 0 Å². The summed E-state index contributed by atoms with van der Waals surface area (Å²) in [6.07, 6.45) is 5.92. The first kappa shape index (κ1) is 10.3. The van der Waals surface area contributed by atoms with Gasteiger partial charge in [-0.2, -0.15) is 0 Å². The predicted molar refractivity (Wildman–Crippen MR) is 53.5 cm³/mol. The average molecular weight is 182 g/mol. The zero-order valence-corrected chi connectivity index (χ0v) is 8.49. The fourth-order valence-electron chi connectivity index (χ4n) is 1.41. The first-order valence-electron chi connectivity index (χ1n) is 4.80. The molecule has 3 nitrogen and oxygen atoms in total. The van der Waals surface area contributed by atoms with Crippen molar-refractivity contribution in [1.82, 2.24) is 9.80 Å². The van der Waals surface area contributed by atoms with Gasteiger partial charge in [0.2, 0.25) is 5.91 Å². The Bertz CT molecular complexity index is 193. The summed E-state index contributed by atoms with van der Waals surface area (Å²) in [6, 6.07) is 0. The summed E-state index contributed by atoms with van der Waals surface area (Å²) in [5.41, 5.74) is 0. The number of rotatable bonds is 3. The summed E-state index contributed by atoms with van der Waals surface area (Å²) in [6.45, 7) is 2.70. The monoisotopic (exact) mass is 182 g/mol. The highest BCUT2D eigenvalue weighted by atomic mass is 16.2. The van der Waals surface area contributed by atoms with E-state index in [1.54, 1.807) is 6.08 Å². The highest BCUT2D eigenvalue weighted by molar-refractivity contribution is 5.87. The Hall–Kier alpha value is -0.830. The van der Waals surface area contributed by atoms with E-state index in [9.17, 15) is 4.79 Å². The van der Waals surface area contributed by atoms with Crippen molar-refractivity contribution in [2.24, 2.45) is 0 Å². The average Bonchev–Trinajstić information content (AvgIpc) is 2.55. The molecule has 0 saturated carbocycles. The molecule has 1 heterocycles. The van der Waals surface area contributed by atoms with Gasteiger partial charge in [-0.25, -0.2) is 0 Å². The predicted octanol–water partition coefficient (Wildman–Crippen LogP) is 0.727. The number of hydrogen-bond acceptors (Lipinski definition) is 2. The largest absolute Gasteiger partial charge is 0.339 e. The van der Waals surface area contributed by atoms with Crippen LogP contribution in [0.15, 0.2) is 12.2 Å². The van der Waals surface area contributed by atoms with Gasteiger partial charge < -0.3 is 9.80 Å². The Labute approximate surface area is 80.0 Å². The third-order valence-electron chi connectivity index (χ3n) is 2.15. The van der Waals surface area contributed by atoms with Crippen LogP contribution in [0.25, 0.3) is 0 Å². The van der Waals surface area contributed by atoms with E-state index in [4.69, 9.17) is 0 Å². The van der Waals surface area contributed by atoms with Crippen molar-refractivity contribution in [2.75, 3.05) is 33.7 Å². The maximum atomic E-state index is 11.4. The number of nitrogens with zero attached hydrogens (tertiary/aromatic N) is 2. The molecular formula is C10H18N2O. The standard InChI is InChI=1S/C10H18N2O/c1-11(2)7-5-6-10(13)12-8-3-4-9-12/h5-6H,3-4,7-9H2,1-2H3. The van der Waals surface area contributed by atoms with Gasteiger partial charge in [-0.05, 0) is 26.9 Å². The second kappa shape index (κ2) is 5.02. The second-order valence-electron chi connectivity index (χ2n) is 3.70. The number of likely N-dealkylation sites (tertiary alicyclic amines) is 1. The van der Waals surface area contributed by atoms with Gasteiger partial charge in [-0.1, -0.05) is 6.08 Å². The molecule has 74 valence electrons.